The predicted molar refractivity (Wildman–Crippen MR) is 76.2 cm³/mol. The number of aromatic nitrogens is 3. The molecule has 0 fully saturated rings. The average Bonchev–Trinajstić information content (AvgIpc) is 2.77. The topological polar surface area (TPSA) is 86.3 Å². The van der Waals surface area contributed by atoms with Gasteiger partial charge in [0.2, 0.25) is 0 Å². The van der Waals surface area contributed by atoms with Crippen molar-refractivity contribution in [3.05, 3.63) is 52.2 Å². The Bertz CT molecular complexity index is 743. The van der Waals surface area contributed by atoms with Crippen LogP contribution in [0.5, 0.6) is 5.75 Å². The smallest absolute Gasteiger partial charge is 0.345 e. The van der Waals surface area contributed by atoms with Crippen molar-refractivity contribution in [1.82, 2.24) is 14.3 Å². The standard InChI is InChI=1S/C14H15N3O4/c1-16-9-15-17(14(16)20)8-11-7-12(21-2)5-3-10(11)4-6-13(18)19/h3-7,9H,8H2,1-2H3,(H,18,19)/b6-4+. The fourth-order valence-electron chi connectivity index (χ4n) is 1.86. The molecule has 1 aromatic carbocycles. The number of hydrogen-bond acceptors (Lipinski definition) is 4. The van der Waals surface area contributed by atoms with E-state index in [0.717, 1.165) is 11.6 Å². The summed E-state index contributed by atoms with van der Waals surface area (Å²) in [6.07, 6.45) is 3.95. The Morgan fingerprint density at radius 1 is 1.48 bits per heavy atom. The predicted octanol–water partition coefficient (Wildman–Crippen LogP) is 0.736. The third kappa shape index (κ3) is 3.38. The van der Waals surface area contributed by atoms with Crippen molar-refractivity contribution in [3.8, 4) is 5.75 Å². The summed E-state index contributed by atoms with van der Waals surface area (Å²) in [7, 11) is 3.15. The van der Waals surface area contributed by atoms with E-state index in [1.165, 1.54) is 21.7 Å². The second-order valence-corrected chi connectivity index (χ2v) is 4.42. The lowest BCUT2D eigenvalue weighted by Crippen LogP contribution is -2.23. The highest BCUT2D eigenvalue weighted by molar-refractivity contribution is 5.85. The Morgan fingerprint density at radius 3 is 2.81 bits per heavy atom. The molecule has 0 radical (unpaired) electrons. The number of carbonyl (C=O) groups is 1. The molecule has 2 rings (SSSR count). The molecule has 0 aliphatic rings. The second kappa shape index (κ2) is 6.08. The fourth-order valence-corrected chi connectivity index (χ4v) is 1.86. The third-order valence-electron chi connectivity index (χ3n) is 2.96. The molecule has 21 heavy (non-hydrogen) atoms. The molecule has 0 amide bonds. The summed E-state index contributed by atoms with van der Waals surface area (Å²) in [4.78, 5) is 22.5. The third-order valence-corrected chi connectivity index (χ3v) is 2.96. The molecule has 0 bridgehead atoms. The van der Waals surface area contributed by atoms with Crippen LogP contribution >= 0.6 is 0 Å². The van der Waals surface area contributed by atoms with Crippen LogP contribution in [0.25, 0.3) is 6.08 Å². The van der Waals surface area contributed by atoms with Crippen molar-refractivity contribution in [1.29, 1.82) is 0 Å². The Kier molecular flexibility index (Phi) is 4.22. The maximum absolute atomic E-state index is 11.8. The van der Waals surface area contributed by atoms with Crippen molar-refractivity contribution in [2.45, 2.75) is 6.54 Å². The van der Waals surface area contributed by atoms with Crippen LogP contribution in [0.3, 0.4) is 0 Å². The molecule has 7 heteroatoms. The highest BCUT2D eigenvalue weighted by Gasteiger charge is 2.07. The minimum Gasteiger partial charge on any atom is -0.497 e. The molecule has 0 unspecified atom stereocenters. The van der Waals surface area contributed by atoms with Gasteiger partial charge in [-0.2, -0.15) is 5.10 Å². The van der Waals surface area contributed by atoms with E-state index in [-0.39, 0.29) is 12.2 Å². The Morgan fingerprint density at radius 2 is 2.24 bits per heavy atom. The van der Waals surface area contributed by atoms with Gasteiger partial charge in [-0.05, 0) is 29.3 Å². The SMILES string of the molecule is COc1ccc(/C=C/C(=O)O)c(Cn2ncn(C)c2=O)c1. The number of benzene rings is 1. The van der Waals surface area contributed by atoms with Crippen molar-refractivity contribution in [2.75, 3.05) is 7.11 Å². The Hall–Kier alpha value is -2.83. The van der Waals surface area contributed by atoms with Crippen LogP contribution in [-0.4, -0.2) is 32.5 Å². The highest BCUT2D eigenvalue weighted by Crippen LogP contribution is 2.19. The van der Waals surface area contributed by atoms with Gasteiger partial charge in [-0.3, -0.25) is 4.57 Å². The minimum atomic E-state index is -1.04. The first-order valence-electron chi connectivity index (χ1n) is 6.17. The average molecular weight is 289 g/mol. The molecule has 0 spiro atoms. The molecule has 1 N–H and O–H groups in total. The number of nitrogens with zero attached hydrogens (tertiary/aromatic N) is 3. The number of hydrogen-bond donors (Lipinski definition) is 1. The Balaban J connectivity index is 2.41. The van der Waals surface area contributed by atoms with Gasteiger partial charge in [0.25, 0.3) is 0 Å². The number of aliphatic carboxylic acids is 1. The molecule has 0 saturated heterocycles. The first-order chi connectivity index (χ1) is 10.0. The van der Waals surface area contributed by atoms with E-state index in [4.69, 9.17) is 9.84 Å². The van der Waals surface area contributed by atoms with E-state index in [0.29, 0.717) is 11.3 Å². The number of carboxylic acid groups (broad SMARTS) is 1. The summed E-state index contributed by atoms with van der Waals surface area (Å²) in [5.74, 6) is -0.409. The highest BCUT2D eigenvalue weighted by atomic mass is 16.5. The largest absolute Gasteiger partial charge is 0.497 e. The molecule has 0 atom stereocenters. The summed E-state index contributed by atoms with van der Waals surface area (Å²) in [6, 6.07) is 5.22. The summed E-state index contributed by atoms with van der Waals surface area (Å²) in [6.45, 7) is 0.232. The van der Waals surface area contributed by atoms with Gasteiger partial charge in [-0.15, -0.1) is 0 Å². The van der Waals surface area contributed by atoms with Gasteiger partial charge in [0.15, 0.2) is 0 Å². The monoisotopic (exact) mass is 289 g/mol. The van der Waals surface area contributed by atoms with Crippen LogP contribution in [0.15, 0.2) is 35.4 Å². The summed E-state index contributed by atoms with van der Waals surface area (Å²) >= 11 is 0. The number of ether oxygens (including phenoxy) is 1. The van der Waals surface area contributed by atoms with E-state index in [9.17, 15) is 9.59 Å². The molecule has 7 nitrogen and oxygen atoms in total. The van der Waals surface area contributed by atoms with Crippen molar-refractivity contribution in [2.24, 2.45) is 7.05 Å². The van der Waals surface area contributed by atoms with Crippen molar-refractivity contribution in [3.63, 3.8) is 0 Å². The van der Waals surface area contributed by atoms with Gasteiger partial charge < -0.3 is 9.84 Å². The molecular weight excluding hydrogens is 274 g/mol. The van der Waals surface area contributed by atoms with Gasteiger partial charge in [0.1, 0.15) is 12.1 Å². The molecule has 0 aliphatic carbocycles. The van der Waals surface area contributed by atoms with Crippen molar-refractivity contribution < 1.29 is 14.6 Å². The molecule has 0 aliphatic heterocycles. The number of aryl methyl sites for hydroxylation is 1. The second-order valence-electron chi connectivity index (χ2n) is 4.42. The summed E-state index contributed by atoms with van der Waals surface area (Å²) in [5, 5.41) is 12.7. The van der Waals surface area contributed by atoms with Crippen LogP contribution < -0.4 is 10.4 Å². The van der Waals surface area contributed by atoms with Crippen LogP contribution in [0, 0.1) is 0 Å². The lowest BCUT2D eigenvalue weighted by molar-refractivity contribution is -0.131. The molecular formula is C14H15N3O4. The molecule has 1 aromatic heterocycles. The first kappa shape index (κ1) is 14.6. The Labute approximate surface area is 120 Å². The zero-order chi connectivity index (χ0) is 15.4. The lowest BCUT2D eigenvalue weighted by Gasteiger charge is -2.08. The molecule has 1 heterocycles. The lowest BCUT2D eigenvalue weighted by atomic mass is 10.1. The zero-order valence-electron chi connectivity index (χ0n) is 11.7. The van der Waals surface area contributed by atoms with Gasteiger partial charge in [-0.25, -0.2) is 14.3 Å². The molecule has 2 aromatic rings. The maximum Gasteiger partial charge on any atom is 0.345 e. The van der Waals surface area contributed by atoms with Crippen LogP contribution in [0.2, 0.25) is 0 Å². The number of rotatable bonds is 5. The van der Waals surface area contributed by atoms with Crippen molar-refractivity contribution >= 4 is 12.0 Å². The maximum atomic E-state index is 11.8. The van der Waals surface area contributed by atoms with Crippen LogP contribution in [0.1, 0.15) is 11.1 Å². The van der Waals surface area contributed by atoms with Crippen LogP contribution in [-0.2, 0) is 18.4 Å². The van der Waals surface area contributed by atoms with Crippen LogP contribution in [0.4, 0.5) is 0 Å². The minimum absolute atomic E-state index is 0.232. The van der Waals surface area contributed by atoms with Gasteiger partial charge >= 0.3 is 11.7 Å². The summed E-state index contributed by atoms with van der Waals surface area (Å²) in [5.41, 5.74) is 1.19. The zero-order valence-corrected chi connectivity index (χ0v) is 11.7. The van der Waals surface area contributed by atoms with E-state index < -0.39 is 5.97 Å². The summed E-state index contributed by atoms with van der Waals surface area (Å²) < 4.78 is 7.82. The van der Waals surface area contributed by atoms with E-state index >= 15 is 0 Å². The van der Waals surface area contributed by atoms with E-state index in [1.54, 1.807) is 32.4 Å². The van der Waals surface area contributed by atoms with Gasteiger partial charge in [0, 0.05) is 13.1 Å². The number of carboxylic acids is 1. The van der Waals surface area contributed by atoms with E-state index in [1.807, 2.05) is 0 Å². The molecule has 0 saturated carbocycles. The fraction of sp³-hybridized carbons (Fsp3) is 0.214. The first-order valence-corrected chi connectivity index (χ1v) is 6.17. The van der Waals surface area contributed by atoms with Gasteiger partial charge in [-0.1, -0.05) is 6.07 Å². The van der Waals surface area contributed by atoms with Gasteiger partial charge in [0.05, 0.1) is 13.7 Å². The van der Waals surface area contributed by atoms with E-state index in [2.05, 4.69) is 5.10 Å². The quantitative estimate of drug-likeness (QED) is 0.820. The molecule has 110 valence electrons. The number of methoxy groups -OCH3 is 1. The normalized spacial score (nSPS) is 11.0.